The topological polar surface area (TPSA) is 41.1 Å². The molecule has 0 atom stereocenters. The van der Waals surface area contributed by atoms with Gasteiger partial charge >= 0.3 is 0 Å². The maximum absolute atomic E-state index is 12.2. The second-order valence-corrected chi connectivity index (χ2v) is 6.34. The molecule has 116 valence electrons. The maximum atomic E-state index is 12.2. The highest BCUT2D eigenvalue weighted by Gasteiger charge is 2.45. The number of benzene rings is 1. The normalized spacial score (nSPS) is 20.4. The minimum Gasteiger partial charge on any atom is -0.355 e. The molecular formula is C17H25ClN2O. The predicted octanol–water partition coefficient (Wildman–Crippen LogP) is 2.56. The van der Waals surface area contributed by atoms with Gasteiger partial charge in [-0.1, -0.05) is 24.3 Å². The first-order valence-electron chi connectivity index (χ1n) is 7.76. The first kappa shape index (κ1) is 16.3. The third-order valence-electron chi connectivity index (χ3n) is 4.88. The number of carbonyl (C=O) groups is 1. The van der Waals surface area contributed by atoms with Gasteiger partial charge in [-0.15, -0.1) is 12.4 Å². The van der Waals surface area contributed by atoms with E-state index in [1.165, 1.54) is 24.0 Å². The summed E-state index contributed by atoms with van der Waals surface area (Å²) in [5.41, 5.74) is 2.99. The Balaban J connectivity index is 0.00000161. The molecule has 2 aliphatic rings. The molecule has 3 nitrogen and oxygen atoms in total. The van der Waals surface area contributed by atoms with Gasteiger partial charge in [-0.2, -0.15) is 0 Å². The summed E-state index contributed by atoms with van der Waals surface area (Å²) < 4.78 is 0. The summed E-state index contributed by atoms with van der Waals surface area (Å²) in [7, 11) is 0. The van der Waals surface area contributed by atoms with Gasteiger partial charge in [0.1, 0.15) is 0 Å². The molecule has 0 unspecified atom stereocenters. The highest BCUT2D eigenvalue weighted by atomic mass is 35.5. The minimum absolute atomic E-state index is 0. The van der Waals surface area contributed by atoms with Gasteiger partial charge < -0.3 is 10.6 Å². The van der Waals surface area contributed by atoms with Gasteiger partial charge in [0.2, 0.25) is 5.91 Å². The predicted molar refractivity (Wildman–Crippen MR) is 87.9 cm³/mol. The van der Waals surface area contributed by atoms with Crippen molar-refractivity contribution in [2.45, 2.75) is 38.0 Å². The summed E-state index contributed by atoms with van der Waals surface area (Å²) in [5.74, 6) is 0.468. The number of carbonyl (C=O) groups excluding carboxylic acids is 1. The van der Waals surface area contributed by atoms with E-state index < -0.39 is 0 Å². The second-order valence-electron chi connectivity index (χ2n) is 6.34. The maximum Gasteiger partial charge on any atom is 0.223 e. The zero-order valence-electron chi connectivity index (χ0n) is 12.7. The van der Waals surface area contributed by atoms with E-state index in [4.69, 9.17) is 0 Å². The van der Waals surface area contributed by atoms with Crippen molar-refractivity contribution in [1.82, 2.24) is 10.6 Å². The van der Waals surface area contributed by atoms with Crippen LogP contribution in [0.5, 0.6) is 0 Å². The van der Waals surface area contributed by atoms with Gasteiger partial charge in [-0.05, 0) is 56.8 Å². The van der Waals surface area contributed by atoms with Crippen molar-refractivity contribution in [3.8, 4) is 0 Å². The molecule has 4 heteroatoms. The van der Waals surface area contributed by atoms with Crippen LogP contribution in [0.15, 0.2) is 24.3 Å². The molecule has 1 amide bonds. The SMILES string of the molecule is Cc1ccccc1C1(CNC(=O)C2CCNCC2)CC1.Cl. The minimum atomic E-state index is 0. The van der Waals surface area contributed by atoms with E-state index in [-0.39, 0.29) is 29.6 Å². The Kier molecular flexibility index (Phi) is 5.28. The molecule has 0 radical (unpaired) electrons. The smallest absolute Gasteiger partial charge is 0.223 e. The first-order valence-corrected chi connectivity index (χ1v) is 7.76. The van der Waals surface area contributed by atoms with Crippen LogP contribution >= 0.6 is 12.4 Å². The largest absolute Gasteiger partial charge is 0.355 e. The number of rotatable bonds is 4. The lowest BCUT2D eigenvalue weighted by atomic mass is 9.91. The highest BCUT2D eigenvalue weighted by Crippen LogP contribution is 2.48. The molecule has 1 aliphatic heterocycles. The molecule has 1 aromatic rings. The molecule has 2 N–H and O–H groups in total. The summed E-state index contributed by atoms with van der Waals surface area (Å²) in [5, 5.41) is 6.52. The molecule has 21 heavy (non-hydrogen) atoms. The Hall–Kier alpha value is -1.06. The summed E-state index contributed by atoms with van der Waals surface area (Å²) in [6.07, 6.45) is 4.35. The zero-order valence-corrected chi connectivity index (χ0v) is 13.5. The summed E-state index contributed by atoms with van der Waals surface area (Å²) >= 11 is 0. The van der Waals surface area contributed by atoms with Crippen LogP contribution in [0.4, 0.5) is 0 Å². The van der Waals surface area contributed by atoms with Crippen molar-refractivity contribution in [3.05, 3.63) is 35.4 Å². The quantitative estimate of drug-likeness (QED) is 0.897. The number of hydrogen-bond donors (Lipinski definition) is 2. The van der Waals surface area contributed by atoms with E-state index in [9.17, 15) is 4.79 Å². The van der Waals surface area contributed by atoms with Gasteiger partial charge in [0.05, 0.1) is 0 Å². The average molecular weight is 309 g/mol. The summed E-state index contributed by atoms with van der Waals surface area (Å²) in [4.78, 5) is 12.2. The third-order valence-corrected chi connectivity index (χ3v) is 4.88. The van der Waals surface area contributed by atoms with Crippen LogP contribution < -0.4 is 10.6 Å². The molecule has 2 fully saturated rings. The number of hydrogen-bond acceptors (Lipinski definition) is 2. The van der Waals surface area contributed by atoms with Crippen molar-refractivity contribution in [1.29, 1.82) is 0 Å². The fourth-order valence-corrected chi connectivity index (χ4v) is 3.34. The fraction of sp³-hybridized carbons (Fsp3) is 0.588. The number of halogens is 1. The number of amides is 1. The van der Waals surface area contributed by atoms with E-state index in [0.717, 1.165) is 32.5 Å². The van der Waals surface area contributed by atoms with Crippen LogP contribution in [0.3, 0.4) is 0 Å². The molecule has 1 saturated heterocycles. The van der Waals surface area contributed by atoms with Crippen molar-refractivity contribution in [2.75, 3.05) is 19.6 Å². The van der Waals surface area contributed by atoms with Gasteiger partial charge in [-0.25, -0.2) is 0 Å². The Morgan fingerprint density at radius 1 is 1.29 bits per heavy atom. The molecule has 3 rings (SSSR count). The lowest BCUT2D eigenvalue weighted by Crippen LogP contribution is -2.41. The van der Waals surface area contributed by atoms with E-state index >= 15 is 0 Å². The lowest BCUT2D eigenvalue weighted by Gasteiger charge is -2.24. The van der Waals surface area contributed by atoms with Gasteiger partial charge in [-0.3, -0.25) is 4.79 Å². The molecular weight excluding hydrogens is 284 g/mol. The molecule has 1 aliphatic carbocycles. The van der Waals surface area contributed by atoms with Gasteiger partial charge in [0, 0.05) is 17.9 Å². The standard InChI is InChI=1S/C17H24N2O.ClH/c1-13-4-2-3-5-15(13)17(8-9-17)12-19-16(20)14-6-10-18-11-7-14;/h2-5,14,18H,6-12H2,1H3,(H,19,20);1H. The molecule has 1 saturated carbocycles. The monoisotopic (exact) mass is 308 g/mol. The van der Waals surface area contributed by atoms with E-state index in [2.05, 4.69) is 41.8 Å². The van der Waals surface area contributed by atoms with Crippen molar-refractivity contribution >= 4 is 18.3 Å². The van der Waals surface area contributed by atoms with Gasteiger partial charge in [0.15, 0.2) is 0 Å². The Morgan fingerprint density at radius 2 is 1.95 bits per heavy atom. The summed E-state index contributed by atoms with van der Waals surface area (Å²) in [6.45, 7) is 4.92. The zero-order chi connectivity index (χ0) is 14.0. The lowest BCUT2D eigenvalue weighted by molar-refractivity contribution is -0.125. The molecule has 0 bridgehead atoms. The molecule has 0 spiro atoms. The van der Waals surface area contributed by atoms with Crippen LogP contribution in [-0.2, 0) is 10.2 Å². The number of piperidine rings is 1. The molecule has 1 heterocycles. The second kappa shape index (κ2) is 6.80. The van der Waals surface area contributed by atoms with E-state index in [1.54, 1.807) is 0 Å². The van der Waals surface area contributed by atoms with Crippen LogP contribution in [0.2, 0.25) is 0 Å². The van der Waals surface area contributed by atoms with Crippen LogP contribution in [0, 0.1) is 12.8 Å². The van der Waals surface area contributed by atoms with E-state index in [1.807, 2.05) is 0 Å². The average Bonchev–Trinajstić information content (AvgIpc) is 3.27. The van der Waals surface area contributed by atoms with Crippen molar-refractivity contribution < 1.29 is 4.79 Å². The van der Waals surface area contributed by atoms with Gasteiger partial charge in [0.25, 0.3) is 0 Å². The highest BCUT2D eigenvalue weighted by molar-refractivity contribution is 5.85. The number of nitrogens with one attached hydrogen (secondary N) is 2. The number of aryl methyl sites for hydroxylation is 1. The van der Waals surface area contributed by atoms with Crippen LogP contribution in [-0.4, -0.2) is 25.5 Å². The fourth-order valence-electron chi connectivity index (χ4n) is 3.34. The van der Waals surface area contributed by atoms with Crippen LogP contribution in [0.25, 0.3) is 0 Å². The third kappa shape index (κ3) is 3.58. The van der Waals surface area contributed by atoms with E-state index in [0.29, 0.717) is 0 Å². The van der Waals surface area contributed by atoms with Crippen LogP contribution in [0.1, 0.15) is 36.8 Å². The summed E-state index contributed by atoms with van der Waals surface area (Å²) in [6, 6.07) is 8.59. The Labute approximate surface area is 133 Å². The van der Waals surface area contributed by atoms with Crippen molar-refractivity contribution in [2.24, 2.45) is 5.92 Å². The first-order chi connectivity index (χ1) is 9.71. The van der Waals surface area contributed by atoms with Crippen molar-refractivity contribution in [3.63, 3.8) is 0 Å². The molecule has 0 aromatic heterocycles. The molecule has 1 aromatic carbocycles. The Morgan fingerprint density at radius 3 is 2.57 bits per heavy atom. The Bertz CT molecular complexity index is 493.